The van der Waals surface area contributed by atoms with Crippen LogP contribution >= 0.6 is 0 Å². The first-order chi connectivity index (χ1) is 5.13. The molecule has 0 radical (unpaired) electrons. The van der Waals surface area contributed by atoms with E-state index in [1.165, 1.54) is 12.1 Å². The fraction of sp³-hybridized carbons (Fsp3) is 0. The maximum Gasteiger partial charge on any atom is 0.491 e. The van der Waals surface area contributed by atoms with Crippen LogP contribution in [0.15, 0.2) is 18.2 Å². The molecule has 5 heteroatoms. The average Bonchev–Trinajstić information content (AvgIpc) is 1.94. The maximum atomic E-state index is 12.7. The van der Waals surface area contributed by atoms with Crippen molar-refractivity contribution in [2.75, 3.05) is 0 Å². The largest absolute Gasteiger partial charge is 0.505 e. The second kappa shape index (κ2) is 2.90. The Morgan fingerprint density at radius 3 is 2.36 bits per heavy atom. The molecule has 0 saturated carbocycles. The zero-order valence-corrected chi connectivity index (χ0v) is 5.53. The number of phenolic OH excluding ortho intramolecular Hbond substituents is 1. The average molecular weight is 156 g/mol. The van der Waals surface area contributed by atoms with Crippen molar-refractivity contribution in [1.29, 1.82) is 0 Å². The molecule has 0 atom stereocenters. The van der Waals surface area contributed by atoms with Gasteiger partial charge in [-0.3, -0.25) is 0 Å². The fourth-order valence-electron chi connectivity index (χ4n) is 0.737. The van der Waals surface area contributed by atoms with Crippen LogP contribution in [-0.4, -0.2) is 22.3 Å². The Kier molecular flexibility index (Phi) is 2.12. The van der Waals surface area contributed by atoms with E-state index in [0.29, 0.717) is 0 Å². The van der Waals surface area contributed by atoms with Crippen molar-refractivity contribution in [3.8, 4) is 5.75 Å². The van der Waals surface area contributed by atoms with Crippen LogP contribution in [0, 0.1) is 5.82 Å². The smallest absolute Gasteiger partial charge is 0.491 e. The van der Waals surface area contributed by atoms with E-state index in [-0.39, 0.29) is 5.46 Å². The van der Waals surface area contributed by atoms with Crippen LogP contribution in [0.5, 0.6) is 5.75 Å². The van der Waals surface area contributed by atoms with Crippen LogP contribution in [-0.2, 0) is 0 Å². The standard InChI is InChI=1S/C6H6BFO3/c8-6-4(7(10)11)2-1-3-5(6)9/h1-3,9-11H. The fourth-order valence-corrected chi connectivity index (χ4v) is 0.737. The zero-order chi connectivity index (χ0) is 8.43. The van der Waals surface area contributed by atoms with E-state index in [1.54, 1.807) is 0 Å². The lowest BCUT2D eigenvalue weighted by Crippen LogP contribution is -2.32. The van der Waals surface area contributed by atoms with Gasteiger partial charge in [0, 0.05) is 5.46 Å². The van der Waals surface area contributed by atoms with Crippen molar-refractivity contribution in [2.45, 2.75) is 0 Å². The molecule has 1 rings (SSSR count). The third-order valence-electron chi connectivity index (χ3n) is 1.29. The highest BCUT2D eigenvalue weighted by molar-refractivity contribution is 6.58. The van der Waals surface area contributed by atoms with Crippen LogP contribution < -0.4 is 5.46 Å². The number of benzene rings is 1. The summed E-state index contributed by atoms with van der Waals surface area (Å²) in [6.45, 7) is 0. The van der Waals surface area contributed by atoms with E-state index in [1.807, 2.05) is 0 Å². The minimum atomic E-state index is -1.89. The number of hydrogen-bond donors (Lipinski definition) is 3. The molecule has 3 N–H and O–H groups in total. The first-order valence-corrected chi connectivity index (χ1v) is 2.96. The van der Waals surface area contributed by atoms with E-state index in [0.717, 1.165) is 6.07 Å². The van der Waals surface area contributed by atoms with Crippen LogP contribution in [0.1, 0.15) is 0 Å². The second-order valence-electron chi connectivity index (χ2n) is 2.05. The van der Waals surface area contributed by atoms with E-state index >= 15 is 0 Å². The minimum absolute atomic E-state index is 0.329. The molecule has 0 aliphatic carbocycles. The van der Waals surface area contributed by atoms with Crippen molar-refractivity contribution >= 4 is 12.6 Å². The van der Waals surface area contributed by atoms with Gasteiger partial charge in [0.15, 0.2) is 11.6 Å². The van der Waals surface area contributed by atoms with Gasteiger partial charge in [-0.15, -0.1) is 0 Å². The van der Waals surface area contributed by atoms with E-state index in [4.69, 9.17) is 15.2 Å². The number of rotatable bonds is 1. The molecule has 1 aromatic rings. The Morgan fingerprint density at radius 2 is 1.91 bits per heavy atom. The maximum absolute atomic E-state index is 12.7. The topological polar surface area (TPSA) is 60.7 Å². The van der Waals surface area contributed by atoms with Crippen molar-refractivity contribution in [2.24, 2.45) is 0 Å². The SMILES string of the molecule is OB(O)c1cccc(O)c1F. The first kappa shape index (κ1) is 8.04. The normalized spacial score (nSPS) is 9.73. The monoisotopic (exact) mass is 156 g/mol. The molecule has 0 aromatic heterocycles. The van der Waals surface area contributed by atoms with Gasteiger partial charge in [-0.2, -0.15) is 0 Å². The van der Waals surface area contributed by atoms with Crippen molar-refractivity contribution in [3.05, 3.63) is 24.0 Å². The van der Waals surface area contributed by atoms with E-state index in [9.17, 15) is 4.39 Å². The van der Waals surface area contributed by atoms with Gasteiger partial charge in [0.2, 0.25) is 0 Å². The summed E-state index contributed by atoms with van der Waals surface area (Å²) < 4.78 is 12.7. The van der Waals surface area contributed by atoms with Crippen molar-refractivity contribution in [3.63, 3.8) is 0 Å². The van der Waals surface area contributed by atoms with Crippen LogP contribution in [0.25, 0.3) is 0 Å². The summed E-state index contributed by atoms with van der Waals surface area (Å²) in [5, 5.41) is 25.8. The molecule has 1 aromatic carbocycles. The molecule has 0 aliphatic heterocycles. The van der Waals surface area contributed by atoms with Crippen molar-refractivity contribution in [1.82, 2.24) is 0 Å². The van der Waals surface area contributed by atoms with Gasteiger partial charge in [0.1, 0.15) is 0 Å². The van der Waals surface area contributed by atoms with Crippen LogP contribution in [0.3, 0.4) is 0 Å². The Hall–Kier alpha value is -1.07. The summed E-state index contributed by atoms with van der Waals surface area (Å²) in [6, 6.07) is 3.63. The van der Waals surface area contributed by atoms with Crippen molar-refractivity contribution < 1.29 is 19.5 Å². The molecule has 0 unspecified atom stereocenters. The molecular formula is C6H6BFO3. The lowest BCUT2D eigenvalue weighted by atomic mass is 9.80. The quantitative estimate of drug-likeness (QED) is 0.467. The molecule has 0 heterocycles. The molecule has 3 nitrogen and oxygen atoms in total. The highest BCUT2D eigenvalue weighted by atomic mass is 19.1. The zero-order valence-electron chi connectivity index (χ0n) is 5.53. The van der Waals surface area contributed by atoms with Gasteiger partial charge >= 0.3 is 7.12 Å². The van der Waals surface area contributed by atoms with Gasteiger partial charge in [-0.1, -0.05) is 12.1 Å². The molecule has 0 bridgehead atoms. The Balaban J connectivity index is 3.17. The van der Waals surface area contributed by atoms with Crippen LogP contribution in [0.4, 0.5) is 4.39 Å². The predicted octanol–water partition coefficient (Wildman–Crippen LogP) is -0.789. The third kappa shape index (κ3) is 1.50. The lowest BCUT2D eigenvalue weighted by Gasteiger charge is -2.01. The molecule has 11 heavy (non-hydrogen) atoms. The van der Waals surface area contributed by atoms with Crippen LogP contribution in [0.2, 0.25) is 0 Å². The summed E-state index contributed by atoms with van der Waals surface area (Å²) in [6.07, 6.45) is 0. The summed E-state index contributed by atoms with van der Waals surface area (Å²) in [7, 11) is -1.89. The highest BCUT2D eigenvalue weighted by Crippen LogP contribution is 2.10. The number of aromatic hydroxyl groups is 1. The number of halogens is 1. The van der Waals surface area contributed by atoms with Gasteiger partial charge < -0.3 is 15.2 Å². The Morgan fingerprint density at radius 1 is 1.27 bits per heavy atom. The summed E-state index contributed by atoms with van der Waals surface area (Å²) >= 11 is 0. The Labute approximate surface area is 62.9 Å². The van der Waals surface area contributed by atoms with Gasteiger partial charge in [-0.25, -0.2) is 4.39 Å². The van der Waals surface area contributed by atoms with E-state index in [2.05, 4.69) is 0 Å². The molecular weight excluding hydrogens is 150 g/mol. The number of phenols is 1. The van der Waals surface area contributed by atoms with Gasteiger partial charge in [0.05, 0.1) is 0 Å². The summed E-state index contributed by atoms with van der Waals surface area (Å²) in [5.74, 6) is -1.59. The Bertz CT molecular complexity index is 264. The molecule has 0 amide bonds. The first-order valence-electron chi connectivity index (χ1n) is 2.96. The third-order valence-corrected chi connectivity index (χ3v) is 1.29. The molecule has 0 spiro atoms. The number of hydrogen-bond acceptors (Lipinski definition) is 3. The predicted molar refractivity (Wildman–Crippen MR) is 37.9 cm³/mol. The molecule has 0 aliphatic rings. The second-order valence-corrected chi connectivity index (χ2v) is 2.05. The lowest BCUT2D eigenvalue weighted by molar-refractivity contribution is 0.413. The van der Waals surface area contributed by atoms with Gasteiger partial charge in [0.25, 0.3) is 0 Å². The molecule has 0 fully saturated rings. The molecule has 0 saturated heterocycles. The van der Waals surface area contributed by atoms with Gasteiger partial charge in [-0.05, 0) is 6.07 Å². The summed E-state index contributed by atoms with van der Waals surface area (Å²) in [5.41, 5.74) is -0.329. The minimum Gasteiger partial charge on any atom is -0.505 e. The summed E-state index contributed by atoms with van der Waals surface area (Å²) in [4.78, 5) is 0. The van der Waals surface area contributed by atoms with E-state index < -0.39 is 18.7 Å². The molecule has 58 valence electrons. The highest BCUT2D eigenvalue weighted by Gasteiger charge is 2.17.